The molecule has 0 radical (unpaired) electrons. The van der Waals surface area contributed by atoms with Gasteiger partial charge < -0.3 is 16.0 Å². The lowest BCUT2D eigenvalue weighted by Crippen LogP contribution is -2.29. The van der Waals surface area contributed by atoms with Crippen molar-refractivity contribution >= 4 is 24.2 Å². The third kappa shape index (κ3) is 5.31. The molecular weight excluding hydrogens is 302 g/mol. The SMILES string of the molecule is CC(N)CCNC(=O)c1ccc(CN2CCCC2=O)cc1.Cl. The van der Waals surface area contributed by atoms with Gasteiger partial charge in [0.2, 0.25) is 5.91 Å². The monoisotopic (exact) mass is 325 g/mol. The van der Waals surface area contributed by atoms with E-state index in [2.05, 4.69) is 5.32 Å². The normalized spacial score (nSPS) is 15.4. The molecule has 1 saturated heterocycles. The van der Waals surface area contributed by atoms with Crippen LogP contribution in [0.4, 0.5) is 0 Å². The minimum Gasteiger partial charge on any atom is -0.352 e. The van der Waals surface area contributed by atoms with Crippen LogP contribution in [0.2, 0.25) is 0 Å². The van der Waals surface area contributed by atoms with Gasteiger partial charge in [-0.15, -0.1) is 12.4 Å². The molecule has 1 atom stereocenters. The van der Waals surface area contributed by atoms with Gasteiger partial charge in [-0.1, -0.05) is 12.1 Å². The largest absolute Gasteiger partial charge is 0.352 e. The number of amides is 2. The topological polar surface area (TPSA) is 75.4 Å². The maximum Gasteiger partial charge on any atom is 0.251 e. The summed E-state index contributed by atoms with van der Waals surface area (Å²) < 4.78 is 0. The van der Waals surface area contributed by atoms with Crippen LogP contribution in [0.5, 0.6) is 0 Å². The van der Waals surface area contributed by atoms with E-state index in [-0.39, 0.29) is 30.3 Å². The number of rotatable bonds is 6. The first kappa shape index (κ1) is 18.5. The second-order valence-corrected chi connectivity index (χ2v) is 5.64. The van der Waals surface area contributed by atoms with E-state index < -0.39 is 0 Å². The minimum absolute atomic E-state index is 0. The molecule has 22 heavy (non-hydrogen) atoms. The van der Waals surface area contributed by atoms with Crippen molar-refractivity contribution < 1.29 is 9.59 Å². The fourth-order valence-electron chi connectivity index (χ4n) is 2.37. The highest BCUT2D eigenvalue weighted by Gasteiger charge is 2.19. The van der Waals surface area contributed by atoms with Gasteiger partial charge in [0, 0.05) is 37.7 Å². The molecule has 0 bridgehead atoms. The van der Waals surface area contributed by atoms with Gasteiger partial charge in [0.05, 0.1) is 0 Å². The van der Waals surface area contributed by atoms with Crippen molar-refractivity contribution in [3.8, 4) is 0 Å². The summed E-state index contributed by atoms with van der Waals surface area (Å²) in [6.07, 6.45) is 2.36. The standard InChI is InChI=1S/C16H23N3O2.ClH/c1-12(17)8-9-18-16(21)14-6-4-13(5-7-14)11-19-10-2-3-15(19)20;/h4-7,12H,2-3,8-11,17H2,1H3,(H,18,21);1H. The fourth-order valence-corrected chi connectivity index (χ4v) is 2.37. The maximum atomic E-state index is 11.9. The maximum absolute atomic E-state index is 11.9. The van der Waals surface area contributed by atoms with Gasteiger partial charge in [-0.05, 0) is 37.5 Å². The average Bonchev–Trinajstić information content (AvgIpc) is 2.84. The summed E-state index contributed by atoms with van der Waals surface area (Å²) in [6.45, 7) is 3.96. The van der Waals surface area contributed by atoms with Crippen molar-refractivity contribution in [3.05, 3.63) is 35.4 Å². The van der Waals surface area contributed by atoms with Crippen molar-refractivity contribution in [1.82, 2.24) is 10.2 Å². The first-order valence-corrected chi connectivity index (χ1v) is 7.47. The Hall–Kier alpha value is -1.59. The van der Waals surface area contributed by atoms with Crippen LogP contribution in [-0.4, -0.2) is 35.8 Å². The number of hydrogen-bond acceptors (Lipinski definition) is 3. The molecule has 0 aliphatic carbocycles. The molecule has 0 saturated carbocycles. The molecule has 6 heteroatoms. The number of nitrogens with zero attached hydrogens (tertiary/aromatic N) is 1. The molecule has 5 nitrogen and oxygen atoms in total. The van der Waals surface area contributed by atoms with Crippen molar-refractivity contribution in [2.24, 2.45) is 5.73 Å². The first-order chi connectivity index (χ1) is 10.1. The summed E-state index contributed by atoms with van der Waals surface area (Å²) >= 11 is 0. The summed E-state index contributed by atoms with van der Waals surface area (Å²) in [5, 5.41) is 2.85. The molecule has 0 aromatic heterocycles. The number of benzene rings is 1. The fraction of sp³-hybridized carbons (Fsp3) is 0.500. The summed E-state index contributed by atoms with van der Waals surface area (Å²) in [5.41, 5.74) is 7.33. The molecule has 1 aliphatic rings. The van der Waals surface area contributed by atoms with Crippen molar-refractivity contribution in [2.75, 3.05) is 13.1 Å². The Bertz CT molecular complexity index is 503. The van der Waals surface area contributed by atoms with Crippen LogP contribution in [-0.2, 0) is 11.3 Å². The Labute approximate surface area is 137 Å². The molecule has 1 aliphatic heterocycles. The van der Waals surface area contributed by atoms with Gasteiger partial charge in [-0.25, -0.2) is 0 Å². The number of nitrogens with one attached hydrogen (secondary N) is 1. The quantitative estimate of drug-likeness (QED) is 0.836. The van der Waals surface area contributed by atoms with Gasteiger partial charge in [0.1, 0.15) is 0 Å². The molecule has 1 aromatic rings. The summed E-state index contributed by atoms with van der Waals surface area (Å²) in [4.78, 5) is 25.4. The van der Waals surface area contributed by atoms with Crippen LogP contribution in [0.3, 0.4) is 0 Å². The number of halogens is 1. The Kier molecular flexibility index (Phi) is 7.35. The van der Waals surface area contributed by atoms with Gasteiger partial charge in [0.15, 0.2) is 0 Å². The smallest absolute Gasteiger partial charge is 0.251 e. The van der Waals surface area contributed by atoms with E-state index in [4.69, 9.17) is 5.73 Å². The summed E-state index contributed by atoms with van der Waals surface area (Å²) in [5.74, 6) is 0.132. The summed E-state index contributed by atoms with van der Waals surface area (Å²) in [7, 11) is 0. The Balaban J connectivity index is 0.00000242. The van der Waals surface area contributed by atoms with Crippen molar-refractivity contribution in [3.63, 3.8) is 0 Å². The Morgan fingerprint density at radius 2 is 2.05 bits per heavy atom. The molecule has 2 amide bonds. The van der Waals surface area contributed by atoms with E-state index >= 15 is 0 Å². The Morgan fingerprint density at radius 1 is 1.36 bits per heavy atom. The molecule has 1 aromatic carbocycles. The second kappa shape index (κ2) is 8.76. The van der Waals surface area contributed by atoms with Crippen molar-refractivity contribution in [1.29, 1.82) is 0 Å². The van der Waals surface area contributed by atoms with E-state index in [1.807, 2.05) is 24.0 Å². The number of carbonyl (C=O) groups is 2. The van der Waals surface area contributed by atoms with E-state index in [1.165, 1.54) is 0 Å². The number of hydrogen-bond donors (Lipinski definition) is 2. The lowest BCUT2D eigenvalue weighted by atomic mass is 10.1. The molecule has 1 unspecified atom stereocenters. The molecule has 122 valence electrons. The van der Waals surface area contributed by atoms with E-state index in [0.29, 0.717) is 25.1 Å². The number of nitrogens with two attached hydrogens (primary N) is 1. The van der Waals surface area contributed by atoms with E-state index in [1.54, 1.807) is 12.1 Å². The average molecular weight is 326 g/mol. The lowest BCUT2D eigenvalue weighted by molar-refractivity contribution is -0.128. The van der Waals surface area contributed by atoms with E-state index in [0.717, 1.165) is 24.9 Å². The van der Waals surface area contributed by atoms with Crippen LogP contribution >= 0.6 is 12.4 Å². The van der Waals surface area contributed by atoms with Crippen molar-refractivity contribution in [2.45, 2.75) is 38.8 Å². The van der Waals surface area contributed by atoms with Crippen LogP contribution in [0, 0.1) is 0 Å². The third-order valence-corrected chi connectivity index (χ3v) is 3.65. The highest BCUT2D eigenvalue weighted by atomic mass is 35.5. The predicted octanol–water partition coefficient (Wildman–Crippen LogP) is 1.70. The molecule has 1 heterocycles. The zero-order chi connectivity index (χ0) is 15.2. The van der Waals surface area contributed by atoms with Gasteiger partial charge in [-0.3, -0.25) is 9.59 Å². The minimum atomic E-state index is -0.0838. The molecule has 3 N–H and O–H groups in total. The van der Waals surface area contributed by atoms with Crippen LogP contribution in [0.15, 0.2) is 24.3 Å². The zero-order valence-corrected chi connectivity index (χ0v) is 13.7. The summed E-state index contributed by atoms with van der Waals surface area (Å²) in [6, 6.07) is 7.51. The number of likely N-dealkylation sites (tertiary alicyclic amines) is 1. The number of carbonyl (C=O) groups excluding carboxylic acids is 2. The van der Waals surface area contributed by atoms with Gasteiger partial charge in [0.25, 0.3) is 5.91 Å². The highest BCUT2D eigenvalue weighted by Crippen LogP contribution is 2.14. The third-order valence-electron chi connectivity index (χ3n) is 3.65. The predicted molar refractivity (Wildman–Crippen MR) is 88.9 cm³/mol. The molecular formula is C16H24ClN3O2. The molecule has 0 spiro atoms. The lowest BCUT2D eigenvalue weighted by Gasteiger charge is -2.15. The van der Waals surface area contributed by atoms with Gasteiger partial charge >= 0.3 is 0 Å². The van der Waals surface area contributed by atoms with Crippen LogP contribution in [0.25, 0.3) is 0 Å². The second-order valence-electron chi connectivity index (χ2n) is 5.64. The zero-order valence-electron chi connectivity index (χ0n) is 12.9. The Morgan fingerprint density at radius 3 is 2.59 bits per heavy atom. The van der Waals surface area contributed by atoms with Gasteiger partial charge in [-0.2, -0.15) is 0 Å². The first-order valence-electron chi connectivity index (χ1n) is 7.47. The highest BCUT2D eigenvalue weighted by molar-refractivity contribution is 5.94. The van der Waals surface area contributed by atoms with Crippen LogP contribution in [0.1, 0.15) is 42.1 Å². The van der Waals surface area contributed by atoms with Crippen LogP contribution < -0.4 is 11.1 Å². The van der Waals surface area contributed by atoms with E-state index in [9.17, 15) is 9.59 Å². The molecule has 1 fully saturated rings. The molecule has 2 rings (SSSR count).